The van der Waals surface area contributed by atoms with E-state index in [0.29, 0.717) is 18.7 Å². The van der Waals surface area contributed by atoms with Crippen LogP contribution in [0.3, 0.4) is 0 Å². The highest BCUT2D eigenvalue weighted by atomic mass is 16.5. The molecule has 0 aliphatic carbocycles. The molecule has 1 aromatic carbocycles. The van der Waals surface area contributed by atoms with Gasteiger partial charge in [0.25, 0.3) is 0 Å². The molecule has 0 bridgehead atoms. The van der Waals surface area contributed by atoms with Crippen molar-refractivity contribution in [2.75, 3.05) is 12.3 Å². The van der Waals surface area contributed by atoms with Crippen LogP contribution in [0.25, 0.3) is 11.0 Å². The fourth-order valence-electron chi connectivity index (χ4n) is 2.68. The molecule has 0 amide bonds. The lowest BCUT2D eigenvalue weighted by molar-refractivity contribution is -0.147. The number of hydrogen-bond acceptors (Lipinski definition) is 4. The average Bonchev–Trinajstić information content (AvgIpc) is 2.81. The van der Waals surface area contributed by atoms with Crippen molar-refractivity contribution in [1.29, 1.82) is 0 Å². The van der Waals surface area contributed by atoms with Crippen molar-refractivity contribution in [3.05, 3.63) is 24.0 Å². The standard InChI is InChI=1S/C17H25N3O2/c1-6-12(15(21)22-7-2)20-13-10-8-9-11(18)14(13)19-16(20)17(3,4)5/h8-10,12H,6-7,18H2,1-5H3. The minimum absolute atomic E-state index is 0.203. The van der Waals surface area contributed by atoms with Crippen molar-refractivity contribution in [2.24, 2.45) is 0 Å². The molecule has 2 aromatic rings. The number of para-hydroxylation sites is 1. The summed E-state index contributed by atoms with van der Waals surface area (Å²) >= 11 is 0. The zero-order chi connectivity index (χ0) is 16.5. The fourth-order valence-corrected chi connectivity index (χ4v) is 2.68. The summed E-state index contributed by atoms with van der Waals surface area (Å²) in [6, 6.07) is 5.29. The Morgan fingerprint density at radius 1 is 1.36 bits per heavy atom. The Kier molecular flexibility index (Phi) is 4.44. The molecule has 1 aromatic heterocycles. The molecular weight excluding hydrogens is 278 g/mol. The summed E-state index contributed by atoms with van der Waals surface area (Å²) in [5.74, 6) is 0.623. The highest BCUT2D eigenvalue weighted by molar-refractivity contribution is 5.89. The first-order valence-electron chi connectivity index (χ1n) is 7.74. The summed E-state index contributed by atoms with van der Waals surface area (Å²) < 4.78 is 7.24. The minimum Gasteiger partial charge on any atom is -0.464 e. The van der Waals surface area contributed by atoms with Gasteiger partial charge in [0.2, 0.25) is 0 Å². The molecule has 5 heteroatoms. The fraction of sp³-hybridized carbons (Fsp3) is 0.529. The number of hydrogen-bond donors (Lipinski definition) is 1. The van der Waals surface area contributed by atoms with E-state index in [9.17, 15) is 4.79 Å². The maximum absolute atomic E-state index is 12.4. The van der Waals surface area contributed by atoms with Gasteiger partial charge >= 0.3 is 5.97 Å². The molecule has 0 aliphatic heterocycles. The van der Waals surface area contributed by atoms with E-state index >= 15 is 0 Å². The topological polar surface area (TPSA) is 70.1 Å². The lowest BCUT2D eigenvalue weighted by atomic mass is 9.95. The van der Waals surface area contributed by atoms with Crippen LogP contribution in [0.2, 0.25) is 0 Å². The van der Waals surface area contributed by atoms with Crippen LogP contribution in [-0.2, 0) is 14.9 Å². The van der Waals surface area contributed by atoms with Crippen molar-refractivity contribution in [2.45, 2.75) is 52.5 Å². The van der Waals surface area contributed by atoms with Gasteiger partial charge in [-0.25, -0.2) is 9.78 Å². The van der Waals surface area contributed by atoms with E-state index < -0.39 is 0 Å². The summed E-state index contributed by atoms with van der Waals surface area (Å²) in [5.41, 5.74) is 8.11. The Morgan fingerprint density at radius 3 is 2.59 bits per heavy atom. The van der Waals surface area contributed by atoms with Crippen LogP contribution in [0.4, 0.5) is 5.69 Å². The molecule has 0 saturated heterocycles. The van der Waals surface area contributed by atoms with Crippen molar-refractivity contribution >= 4 is 22.7 Å². The first-order chi connectivity index (χ1) is 10.3. The summed E-state index contributed by atoms with van der Waals surface area (Å²) in [6.07, 6.45) is 0.641. The van der Waals surface area contributed by atoms with Gasteiger partial charge in [-0.05, 0) is 25.5 Å². The van der Waals surface area contributed by atoms with Gasteiger partial charge < -0.3 is 15.0 Å². The van der Waals surface area contributed by atoms with Gasteiger partial charge in [-0.1, -0.05) is 33.8 Å². The molecule has 0 fully saturated rings. The van der Waals surface area contributed by atoms with Gasteiger partial charge in [-0.15, -0.1) is 0 Å². The number of imidazole rings is 1. The van der Waals surface area contributed by atoms with Gasteiger partial charge in [0, 0.05) is 5.41 Å². The van der Waals surface area contributed by atoms with Gasteiger partial charge in [0.15, 0.2) is 0 Å². The number of carbonyl (C=O) groups excluding carboxylic acids is 1. The zero-order valence-electron chi connectivity index (χ0n) is 14.0. The highest BCUT2D eigenvalue weighted by Crippen LogP contribution is 2.33. The van der Waals surface area contributed by atoms with Crippen LogP contribution in [0, 0.1) is 0 Å². The maximum Gasteiger partial charge on any atom is 0.329 e. The van der Waals surface area contributed by atoms with Crippen LogP contribution < -0.4 is 5.73 Å². The van der Waals surface area contributed by atoms with Crippen LogP contribution >= 0.6 is 0 Å². The number of carbonyl (C=O) groups is 1. The lowest BCUT2D eigenvalue weighted by Gasteiger charge is -2.25. The summed E-state index contributed by atoms with van der Waals surface area (Å²) in [4.78, 5) is 17.1. The largest absolute Gasteiger partial charge is 0.464 e. The van der Waals surface area contributed by atoms with Gasteiger partial charge in [-0.3, -0.25) is 0 Å². The number of nitrogens with two attached hydrogens (primary N) is 1. The third-order valence-electron chi connectivity index (χ3n) is 3.68. The van der Waals surface area contributed by atoms with Crippen LogP contribution in [0.15, 0.2) is 18.2 Å². The Hall–Kier alpha value is -2.04. The SMILES string of the molecule is CCOC(=O)C(CC)n1c(C(C)(C)C)nc2c(N)cccc21. The minimum atomic E-state index is -0.388. The normalized spacial score (nSPS) is 13.3. The second kappa shape index (κ2) is 5.99. The number of ether oxygens (including phenoxy) is 1. The van der Waals surface area contributed by atoms with E-state index in [2.05, 4.69) is 20.8 Å². The van der Waals surface area contributed by atoms with Gasteiger partial charge in [0.05, 0.1) is 17.8 Å². The van der Waals surface area contributed by atoms with E-state index in [4.69, 9.17) is 15.5 Å². The van der Waals surface area contributed by atoms with E-state index in [1.54, 1.807) is 0 Å². The van der Waals surface area contributed by atoms with Crippen molar-refractivity contribution in [3.8, 4) is 0 Å². The molecule has 1 atom stereocenters. The van der Waals surface area contributed by atoms with E-state index in [0.717, 1.165) is 16.9 Å². The molecule has 0 aliphatic rings. The molecule has 22 heavy (non-hydrogen) atoms. The molecule has 0 spiro atoms. The summed E-state index contributed by atoms with van der Waals surface area (Å²) in [5, 5.41) is 0. The number of anilines is 1. The summed E-state index contributed by atoms with van der Waals surface area (Å²) in [6.45, 7) is 10.4. The van der Waals surface area contributed by atoms with Crippen LogP contribution in [-0.4, -0.2) is 22.1 Å². The second-order valence-electron chi connectivity index (χ2n) is 6.45. The van der Waals surface area contributed by atoms with Crippen LogP contribution in [0.1, 0.15) is 52.9 Å². The molecule has 1 unspecified atom stereocenters. The van der Waals surface area contributed by atoms with Crippen molar-refractivity contribution < 1.29 is 9.53 Å². The number of nitrogens with zero attached hydrogens (tertiary/aromatic N) is 2. The summed E-state index contributed by atoms with van der Waals surface area (Å²) in [7, 11) is 0. The Labute approximate surface area is 131 Å². The monoisotopic (exact) mass is 303 g/mol. The molecular formula is C17H25N3O2. The van der Waals surface area contributed by atoms with E-state index in [-0.39, 0.29) is 17.4 Å². The number of fused-ring (bicyclic) bond motifs is 1. The predicted octanol–water partition coefficient (Wildman–Crippen LogP) is 3.43. The number of nitrogen functional groups attached to an aromatic ring is 1. The number of benzene rings is 1. The van der Waals surface area contributed by atoms with Gasteiger partial charge in [-0.2, -0.15) is 0 Å². The first kappa shape index (κ1) is 16.3. The first-order valence-corrected chi connectivity index (χ1v) is 7.74. The molecule has 0 saturated carbocycles. The average molecular weight is 303 g/mol. The number of esters is 1. The van der Waals surface area contributed by atoms with Crippen LogP contribution in [0.5, 0.6) is 0 Å². The molecule has 0 radical (unpaired) electrons. The maximum atomic E-state index is 12.4. The Morgan fingerprint density at radius 2 is 2.05 bits per heavy atom. The Bertz CT molecular complexity index is 683. The lowest BCUT2D eigenvalue weighted by Crippen LogP contribution is -2.27. The molecule has 5 nitrogen and oxygen atoms in total. The van der Waals surface area contributed by atoms with E-state index in [1.165, 1.54) is 0 Å². The highest BCUT2D eigenvalue weighted by Gasteiger charge is 2.30. The van der Waals surface area contributed by atoms with E-state index in [1.807, 2.05) is 36.6 Å². The number of rotatable bonds is 4. The smallest absolute Gasteiger partial charge is 0.329 e. The second-order valence-corrected chi connectivity index (χ2v) is 6.45. The number of aromatic nitrogens is 2. The third-order valence-corrected chi connectivity index (χ3v) is 3.68. The van der Waals surface area contributed by atoms with Crippen molar-refractivity contribution in [1.82, 2.24) is 9.55 Å². The van der Waals surface area contributed by atoms with Crippen molar-refractivity contribution in [3.63, 3.8) is 0 Å². The Balaban J connectivity index is 2.73. The molecule has 1 heterocycles. The molecule has 120 valence electrons. The molecule has 2 rings (SSSR count). The quantitative estimate of drug-likeness (QED) is 0.694. The predicted molar refractivity (Wildman–Crippen MR) is 88.8 cm³/mol. The van der Waals surface area contributed by atoms with Gasteiger partial charge in [0.1, 0.15) is 17.4 Å². The zero-order valence-corrected chi connectivity index (χ0v) is 14.0. The molecule has 2 N–H and O–H groups in total. The third kappa shape index (κ3) is 2.80.